The van der Waals surface area contributed by atoms with E-state index in [-0.39, 0.29) is 5.96 Å². The van der Waals surface area contributed by atoms with Crippen molar-refractivity contribution in [3.05, 3.63) is 0 Å². The average molecular weight is 360 g/mol. The fourth-order valence-corrected chi connectivity index (χ4v) is 1.91. The molecule has 0 saturated heterocycles. The molecular weight excluding hydrogens is 340 g/mol. The molecule has 0 aliphatic heterocycles. The maximum atomic E-state index is 9.92. The van der Waals surface area contributed by atoms with Gasteiger partial charge in [0.05, 0.1) is 6.04 Å². The second-order valence-corrected chi connectivity index (χ2v) is 5.43. The summed E-state index contributed by atoms with van der Waals surface area (Å²) in [6, 6.07) is -2.40. The molecular formula is C8H20N6O8S. The predicted octanol–water partition coefficient (Wildman–Crippen LogP) is -5.72. The third-order valence-electron chi connectivity index (χ3n) is 2.76. The maximum Gasteiger partial charge on any atom is 0.394 e. The number of nitrogens with one attached hydrogen (secondary N) is 2. The third kappa shape index (κ3) is 7.37. The minimum Gasteiger partial charge on any atom is -0.389 e. The van der Waals surface area contributed by atoms with E-state index in [1.54, 1.807) is 0 Å². The normalized spacial score (nSPS) is 33.8. The van der Waals surface area contributed by atoms with Gasteiger partial charge >= 0.3 is 10.4 Å². The summed E-state index contributed by atoms with van der Waals surface area (Å²) in [5.74, 6) is -0.895. The lowest BCUT2D eigenvalue weighted by molar-refractivity contribution is -0.140. The highest BCUT2D eigenvalue weighted by Gasteiger charge is 2.49. The van der Waals surface area contributed by atoms with Gasteiger partial charge in [-0.05, 0) is 0 Å². The first-order valence-electron chi connectivity index (χ1n) is 5.87. The Morgan fingerprint density at radius 1 is 0.957 bits per heavy atom. The Labute approximate surface area is 130 Å². The molecule has 15 heteroatoms. The Kier molecular flexibility index (Phi) is 7.58. The van der Waals surface area contributed by atoms with Crippen LogP contribution in [0.4, 0.5) is 0 Å². The smallest absolute Gasteiger partial charge is 0.389 e. The number of rotatable bonds is 2. The van der Waals surface area contributed by atoms with Crippen LogP contribution in [-0.4, -0.2) is 86.4 Å². The molecule has 14 nitrogen and oxygen atoms in total. The van der Waals surface area contributed by atoms with E-state index in [1.165, 1.54) is 0 Å². The highest BCUT2D eigenvalue weighted by Crippen LogP contribution is 2.23. The summed E-state index contributed by atoms with van der Waals surface area (Å²) in [6.45, 7) is 0. The minimum absolute atomic E-state index is 0.386. The van der Waals surface area contributed by atoms with E-state index in [9.17, 15) is 20.4 Å². The van der Waals surface area contributed by atoms with Gasteiger partial charge < -0.3 is 42.9 Å². The Morgan fingerprint density at radius 3 is 1.74 bits per heavy atom. The first-order chi connectivity index (χ1) is 10.3. The summed E-state index contributed by atoms with van der Waals surface area (Å²) in [6.07, 6.45) is -6.07. The van der Waals surface area contributed by atoms with Gasteiger partial charge in [-0.2, -0.15) is 8.42 Å². The molecule has 1 aliphatic rings. The van der Waals surface area contributed by atoms with Gasteiger partial charge in [-0.15, -0.1) is 0 Å². The molecule has 0 spiro atoms. The maximum absolute atomic E-state index is 9.92. The van der Waals surface area contributed by atoms with Gasteiger partial charge in [0.1, 0.15) is 30.5 Å². The zero-order chi connectivity index (χ0) is 18.5. The summed E-state index contributed by atoms with van der Waals surface area (Å²) in [7, 11) is -4.67. The Hall–Kier alpha value is -1.75. The van der Waals surface area contributed by atoms with Crippen molar-refractivity contribution in [1.82, 2.24) is 5.32 Å². The van der Waals surface area contributed by atoms with Crippen molar-refractivity contribution in [2.75, 3.05) is 0 Å². The van der Waals surface area contributed by atoms with Crippen molar-refractivity contribution >= 4 is 22.3 Å². The number of aliphatic imine (C=N–C) groups is 1. The van der Waals surface area contributed by atoms with E-state index in [2.05, 4.69) is 10.3 Å². The number of hydrogen-bond acceptors (Lipinski definition) is 8. The molecule has 0 bridgehead atoms. The van der Waals surface area contributed by atoms with Crippen molar-refractivity contribution < 1.29 is 37.9 Å². The van der Waals surface area contributed by atoms with Crippen LogP contribution in [0.1, 0.15) is 0 Å². The van der Waals surface area contributed by atoms with Crippen LogP contribution in [-0.2, 0) is 10.4 Å². The quantitative estimate of drug-likeness (QED) is 0.125. The Bertz CT molecular complexity index is 529. The molecule has 0 aromatic carbocycles. The fraction of sp³-hybridized carbons (Fsp3) is 0.750. The number of nitrogens with zero attached hydrogens (tertiary/aromatic N) is 1. The van der Waals surface area contributed by atoms with Crippen molar-refractivity contribution in [2.45, 2.75) is 36.5 Å². The van der Waals surface area contributed by atoms with Gasteiger partial charge in [-0.25, -0.2) is 4.99 Å². The van der Waals surface area contributed by atoms with E-state index in [0.717, 1.165) is 0 Å². The molecule has 1 saturated carbocycles. The molecule has 0 radical (unpaired) electrons. The summed E-state index contributed by atoms with van der Waals surface area (Å²) < 4.78 is 31.6. The summed E-state index contributed by atoms with van der Waals surface area (Å²) in [5, 5.41) is 48.2. The second-order valence-electron chi connectivity index (χ2n) is 4.54. The van der Waals surface area contributed by atoms with Crippen LogP contribution in [0.2, 0.25) is 0 Å². The zero-order valence-corrected chi connectivity index (χ0v) is 12.4. The highest BCUT2D eigenvalue weighted by atomic mass is 32.3. The van der Waals surface area contributed by atoms with E-state index >= 15 is 0 Å². The van der Waals surface area contributed by atoms with Crippen LogP contribution in [0.15, 0.2) is 4.99 Å². The van der Waals surface area contributed by atoms with Crippen molar-refractivity contribution in [3.63, 3.8) is 0 Å². The topological polar surface area (TPSA) is 282 Å². The highest BCUT2D eigenvalue weighted by molar-refractivity contribution is 7.79. The summed E-state index contributed by atoms with van der Waals surface area (Å²) in [4.78, 5) is 3.59. The minimum atomic E-state index is -4.67. The van der Waals surface area contributed by atoms with Gasteiger partial charge in [0.15, 0.2) is 11.9 Å². The molecule has 1 fully saturated rings. The molecule has 0 aromatic rings. The molecule has 136 valence electrons. The van der Waals surface area contributed by atoms with Gasteiger partial charge in [0.25, 0.3) is 0 Å². The fourth-order valence-electron chi connectivity index (χ4n) is 1.91. The van der Waals surface area contributed by atoms with E-state index in [4.69, 9.17) is 40.1 Å². The van der Waals surface area contributed by atoms with Crippen LogP contribution in [0.3, 0.4) is 0 Å². The third-order valence-corrected chi connectivity index (χ3v) is 2.76. The zero-order valence-electron chi connectivity index (χ0n) is 11.6. The second kappa shape index (κ2) is 8.20. The van der Waals surface area contributed by atoms with E-state index in [1.807, 2.05) is 0 Å². The number of guanidine groups is 2. The first kappa shape index (κ1) is 21.2. The van der Waals surface area contributed by atoms with Crippen LogP contribution in [0, 0.1) is 5.41 Å². The van der Waals surface area contributed by atoms with Gasteiger partial charge in [0.2, 0.25) is 0 Å². The lowest BCUT2D eigenvalue weighted by Crippen LogP contribution is -2.68. The SMILES string of the molecule is N=C(N)N[C@@H]1[C@@H](O)[C@@H](O)[C@@H](O)[C@H](N=C(N)N)[C@@H]1O.O=S(=O)(O)O. The van der Waals surface area contributed by atoms with E-state index < -0.39 is 52.9 Å². The molecule has 0 amide bonds. The molecule has 23 heavy (non-hydrogen) atoms. The predicted molar refractivity (Wildman–Crippen MR) is 76.6 cm³/mol. The monoisotopic (exact) mass is 360 g/mol. The van der Waals surface area contributed by atoms with Crippen molar-refractivity contribution in [2.24, 2.45) is 22.2 Å². The molecule has 14 N–H and O–H groups in total. The standard InChI is InChI=1S/C8H18N6O4.H2O4S/c9-7(10)13-1-3(15)2(14-8(11)12)5(17)6(18)4(1)16;1-5(2,3)4/h1-6,15-18H,(H4,9,10,13)(H4,11,12,14);(H2,1,2,3,4)/t1-,2+,3+,4+,5-,6+;. The van der Waals surface area contributed by atoms with Crippen LogP contribution in [0.5, 0.6) is 0 Å². The van der Waals surface area contributed by atoms with Gasteiger partial charge in [0, 0.05) is 0 Å². The lowest BCUT2D eigenvalue weighted by atomic mass is 9.82. The average Bonchev–Trinajstić information content (AvgIpc) is 2.35. The van der Waals surface area contributed by atoms with Crippen molar-refractivity contribution in [1.29, 1.82) is 5.41 Å². The number of hydrogen-bond donors (Lipinski definition) is 11. The summed E-state index contributed by atoms with van der Waals surface area (Å²) >= 11 is 0. The van der Waals surface area contributed by atoms with Crippen LogP contribution >= 0.6 is 0 Å². The van der Waals surface area contributed by atoms with Gasteiger partial charge in [-0.1, -0.05) is 0 Å². The summed E-state index contributed by atoms with van der Waals surface area (Å²) in [5.41, 5.74) is 15.4. The molecule has 0 heterocycles. The molecule has 6 atom stereocenters. The number of nitrogens with two attached hydrogens (primary N) is 3. The largest absolute Gasteiger partial charge is 0.394 e. The van der Waals surface area contributed by atoms with E-state index in [0.29, 0.717) is 0 Å². The number of aliphatic hydroxyl groups excluding tert-OH is 4. The molecule has 1 aliphatic carbocycles. The first-order valence-corrected chi connectivity index (χ1v) is 7.26. The van der Waals surface area contributed by atoms with Crippen LogP contribution < -0.4 is 22.5 Å². The Morgan fingerprint density at radius 2 is 1.39 bits per heavy atom. The van der Waals surface area contributed by atoms with Gasteiger partial charge in [-0.3, -0.25) is 14.5 Å². The molecule has 0 unspecified atom stereocenters. The molecule has 1 rings (SSSR count). The number of aliphatic hydroxyl groups is 4. The van der Waals surface area contributed by atoms with Crippen LogP contribution in [0.25, 0.3) is 0 Å². The van der Waals surface area contributed by atoms with Crippen molar-refractivity contribution in [3.8, 4) is 0 Å². The molecule has 0 aromatic heterocycles. The Balaban J connectivity index is 0.000000841. The lowest BCUT2D eigenvalue weighted by Gasteiger charge is -2.42.